The number of carbonyl (C=O) groups is 2. The molecule has 2 saturated heterocycles. The number of nitrogens with zero attached hydrogens (tertiary/aromatic N) is 2. The molecule has 1 amide bonds. The Kier molecular flexibility index (Phi) is 3.98. The number of esters is 1. The van der Waals surface area contributed by atoms with Crippen molar-refractivity contribution in [3.63, 3.8) is 0 Å². The van der Waals surface area contributed by atoms with E-state index in [1.807, 2.05) is 18.7 Å². The molecule has 134 valence electrons. The van der Waals surface area contributed by atoms with Crippen LogP contribution in [0.1, 0.15) is 33.1 Å². The van der Waals surface area contributed by atoms with Crippen LogP contribution in [0.15, 0.2) is 0 Å². The van der Waals surface area contributed by atoms with E-state index in [1.165, 1.54) is 19.3 Å². The SMILES string of the molecule is CCOC(=O)C1C2CN(C3CCC4(C3)CN(C(=O)OCC)C4)CC21. The van der Waals surface area contributed by atoms with E-state index in [0.29, 0.717) is 36.5 Å². The molecule has 3 unspecified atom stereocenters. The maximum atomic E-state index is 11.9. The molecule has 0 bridgehead atoms. The summed E-state index contributed by atoms with van der Waals surface area (Å²) >= 11 is 0. The molecule has 2 aliphatic heterocycles. The largest absolute Gasteiger partial charge is 0.466 e. The number of amides is 1. The van der Waals surface area contributed by atoms with Gasteiger partial charge in [-0.25, -0.2) is 4.79 Å². The number of piperidine rings is 1. The summed E-state index contributed by atoms with van der Waals surface area (Å²) in [5.74, 6) is 1.23. The van der Waals surface area contributed by atoms with E-state index in [2.05, 4.69) is 4.90 Å². The lowest BCUT2D eigenvalue weighted by Crippen LogP contribution is -2.57. The molecule has 0 aromatic heterocycles. The van der Waals surface area contributed by atoms with Crippen molar-refractivity contribution in [1.82, 2.24) is 9.80 Å². The van der Waals surface area contributed by atoms with Crippen LogP contribution in [0, 0.1) is 23.2 Å². The van der Waals surface area contributed by atoms with Crippen LogP contribution in [0.25, 0.3) is 0 Å². The second-order valence-electron chi connectivity index (χ2n) is 8.01. The molecule has 0 aromatic carbocycles. The van der Waals surface area contributed by atoms with Gasteiger partial charge in [0.15, 0.2) is 0 Å². The fourth-order valence-electron chi connectivity index (χ4n) is 5.33. The Bertz CT molecular complexity index is 519. The van der Waals surface area contributed by atoms with Crippen LogP contribution in [-0.2, 0) is 14.3 Å². The average molecular weight is 336 g/mol. The van der Waals surface area contributed by atoms with Crippen molar-refractivity contribution in [2.45, 2.75) is 39.2 Å². The van der Waals surface area contributed by atoms with Crippen LogP contribution < -0.4 is 0 Å². The molecule has 0 radical (unpaired) electrons. The van der Waals surface area contributed by atoms with E-state index < -0.39 is 0 Å². The molecule has 4 fully saturated rings. The number of ether oxygens (including phenoxy) is 2. The van der Waals surface area contributed by atoms with E-state index in [4.69, 9.17) is 9.47 Å². The highest BCUT2D eigenvalue weighted by molar-refractivity contribution is 5.77. The number of likely N-dealkylation sites (tertiary alicyclic amines) is 2. The zero-order chi connectivity index (χ0) is 16.9. The number of hydrogen-bond donors (Lipinski definition) is 0. The van der Waals surface area contributed by atoms with E-state index in [0.717, 1.165) is 26.2 Å². The third-order valence-corrected chi connectivity index (χ3v) is 6.55. The molecule has 4 rings (SSSR count). The lowest BCUT2D eigenvalue weighted by Gasteiger charge is -2.47. The maximum absolute atomic E-state index is 11.9. The first kappa shape index (κ1) is 16.2. The lowest BCUT2D eigenvalue weighted by molar-refractivity contribution is -0.145. The normalized spacial score (nSPS) is 36.3. The van der Waals surface area contributed by atoms with Crippen LogP contribution in [0.4, 0.5) is 4.79 Å². The predicted molar refractivity (Wildman–Crippen MR) is 87.3 cm³/mol. The lowest BCUT2D eigenvalue weighted by atomic mass is 9.78. The Morgan fingerprint density at radius 1 is 1.08 bits per heavy atom. The molecule has 24 heavy (non-hydrogen) atoms. The van der Waals surface area contributed by atoms with Crippen molar-refractivity contribution in [3.05, 3.63) is 0 Å². The van der Waals surface area contributed by atoms with Gasteiger partial charge < -0.3 is 14.4 Å². The Balaban J connectivity index is 1.24. The fraction of sp³-hybridized carbons (Fsp3) is 0.889. The van der Waals surface area contributed by atoms with Crippen molar-refractivity contribution in [2.24, 2.45) is 23.2 Å². The Labute approximate surface area is 143 Å². The van der Waals surface area contributed by atoms with Gasteiger partial charge in [0.2, 0.25) is 0 Å². The Morgan fingerprint density at radius 2 is 1.75 bits per heavy atom. The van der Waals surface area contributed by atoms with Gasteiger partial charge in [-0.05, 0) is 44.9 Å². The standard InChI is InChI=1S/C18H28N2O4/c1-3-23-16(21)15-13-8-19(9-14(13)15)12-5-6-18(7-12)10-20(11-18)17(22)24-4-2/h12-15H,3-11H2,1-2H3. The van der Waals surface area contributed by atoms with Crippen LogP contribution >= 0.6 is 0 Å². The fourth-order valence-corrected chi connectivity index (χ4v) is 5.33. The van der Waals surface area contributed by atoms with Gasteiger partial charge in [-0.3, -0.25) is 9.69 Å². The molecule has 2 aliphatic carbocycles. The molecule has 0 aromatic rings. The second-order valence-corrected chi connectivity index (χ2v) is 8.01. The van der Waals surface area contributed by atoms with Crippen molar-refractivity contribution in [2.75, 3.05) is 39.4 Å². The third kappa shape index (κ3) is 2.59. The first-order valence-electron chi connectivity index (χ1n) is 9.39. The summed E-state index contributed by atoms with van der Waals surface area (Å²) in [6, 6.07) is 0.630. The summed E-state index contributed by atoms with van der Waals surface area (Å²) in [6.07, 6.45) is 3.46. The van der Waals surface area contributed by atoms with Gasteiger partial charge in [-0.2, -0.15) is 0 Å². The van der Waals surface area contributed by atoms with Gasteiger partial charge in [0.1, 0.15) is 0 Å². The summed E-state index contributed by atoms with van der Waals surface area (Å²) in [6.45, 7) is 8.47. The molecule has 4 aliphatic rings. The number of carbonyl (C=O) groups excluding carboxylic acids is 2. The molecule has 6 nitrogen and oxygen atoms in total. The zero-order valence-corrected chi connectivity index (χ0v) is 14.7. The highest BCUT2D eigenvalue weighted by atomic mass is 16.6. The summed E-state index contributed by atoms with van der Waals surface area (Å²) in [7, 11) is 0. The minimum Gasteiger partial charge on any atom is -0.466 e. The molecule has 1 spiro atoms. The third-order valence-electron chi connectivity index (χ3n) is 6.55. The first-order valence-corrected chi connectivity index (χ1v) is 9.39. The van der Waals surface area contributed by atoms with E-state index in [-0.39, 0.29) is 18.0 Å². The van der Waals surface area contributed by atoms with Crippen molar-refractivity contribution in [3.8, 4) is 0 Å². The van der Waals surface area contributed by atoms with Gasteiger partial charge in [-0.1, -0.05) is 0 Å². The van der Waals surface area contributed by atoms with Gasteiger partial charge in [0, 0.05) is 37.6 Å². The summed E-state index contributed by atoms with van der Waals surface area (Å²) in [4.78, 5) is 28.1. The van der Waals surface area contributed by atoms with Gasteiger partial charge in [0.25, 0.3) is 0 Å². The molecule has 2 saturated carbocycles. The van der Waals surface area contributed by atoms with Crippen molar-refractivity contribution < 1.29 is 19.1 Å². The summed E-state index contributed by atoms with van der Waals surface area (Å²) in [5.41, 5.74) is 0.324. The molecular formula is C18H28N2O4. The van der Waals surface area contributed by atoms with Crippen LogP contribution in [0.2, 0.25) is 0 Å². The molecule has 2 heterocycles. The zero-order valence-electron chi connectivity index (χ0n) is 14.7. The highest BCUT2D eigenvalue weighted by Crippen LogP contribution is 2.55. The van der Waals surface area contributed by atoms with Gasteiger partial charge >= 0.3 is 12.1 Å². The van der Waals surface area contributed by atoms with Crippen LogP contribution in [0.3, 0.4) is 0 Å². The highest BCUT2D eigenvalue weighted by Gasteiger charge is 2.62. The minimum absolute atomic E-state index is 0.0131. The Morgan fingerprint density at radius 3 is 2.38 bits per heavy atom. The molecule has 6 heteroatoms. The second kappa shape index (κ2) is 5.90. The minimum atomic E-state index is -0.161. The van der Waals surface area contributed by atoms with E-state index >= 15 is 0 Å². The topological polar surface area (TPSA) is 59.1 Å². The van der Waals surface area contributed by atoms with E-state index in [1.54, 1.807) is 0 Å². The first-order chi connectivity index (χ1) is 11.6. The van der Waals surface area contributed by atoms with Crippen LogP contribution in [0.5, 0.6) is 0 Å². The van der Waals surface area contributed by atoms with E-state index in [9.17, 15) is 9.59 Å². The molecular weight excluding hydrogens is 308 g/mol. The Hall–Kier alpha value is -1.30. The summed E-state index contributed by atoms with van der Waals surface area (Å²) < 4.78 is 10.3. The average Bonchev–Trinajstić information content (AvgIpc) is 2.91. The van der Waals surface area contributed by atoms with Crippen molar-refractivity contribution >= 4 is 12.1 Å². The predicted octanol–water partition coefficient (Wildman–Crippen LogP) is 1.74. The molecule has 0 N–H and O–H groups in total. The van der Waals surface area contributed by atoms with Crippen molar-refractivity contribution in [1.29, 1.82) is 0 Å². The number of hydrogen-bond acceptors (Lipinski definition) is 5. The smallest absolute Gasteiger partial charge is 0.409 e. The maximum Gasteiger partial charge on any atom is 0.409 e. The number of fused-ring (bicyclic) bond motifs is 1. The van der Waals surface area contributed by atoms with Crippen LogP contribution in [-0.4, -0.2) is 67.3 Å². The molecule has 3 atom stereocenters. The number of rotatable bonds is 4. The summed E-state index contributed by atoms with van der Waals surface area (Å²) in [5, 5.41) is 0. The monoisotopic (exact) mass is 336 g/mol. The quantitative estimate of drug-likeness (QED) is 0.732. The van der Waals surface area contributed by atoms with Gasteiger partial charge in [0.05, 0.1) is 19.1 Å². The van der Waals surface area contributed by atoms with Gasteiger partial charge in [-0.15, -0.1) is 0 Å².